The van der Waals surface area contributed by atoms with E-state index in [0.29, 0.717) is 11.1 Å². The first-order valence-electron chi connectivity index (χ1n) is 7.15. The number of amides is 2. The van der Waals surface area contributed by atoms with Gasteiger partial charge in [-0.1, -0.05) is 12.1 Å². The quantitative estimate of drug-likeness (QED) is 0.608. The lowest BCUT2D eigenvalue weighted by Crippen LogP contribution is -2.42. The van der Waals surface area contributed by atoms with Crippen LogP contribution < -0.4 is 5.32 Å². The maximum atomic E-state index is 12.4. The molecule has 2 aliphatic heterocycles. The van der Waals surface area contributed by atoms with Gasteiger partial charge in [-0.3, -0.25) is 24.6 Å². The number of fused-ring (bicyclic) bond motifs is 1. The molecule has 0 aromatic heterocycles. The van der Waals surface area contributed by atoms with Crippen LogP contribution in [0.5, 0.6) is 0 Å². The second-order valence-electron chi connectivity index (χ2n) is 5.67. The van der Waals surface area contributed by atoms with Gasteiger partial charge in [-0.15, -0.1) is 0 Å². The van der Waals surface area contributed by atoms with Crippen LogP contribution in [0.2, 0.25) is 0 Å². The van der Waals surface area contributed by atoms with E-state index in [-0.39, 0.29) is 11.8 Å². The number of likely N-dealkylation sites (tertiary alicyclic amines) is 1. The molecule has 1 aromatic carbocycles. The zero-order valence-electron chi connectivity index (χ0n) is 12.6. The van der Waals surface area contributed by atoms with E-state index in [1.165, 1.54) is 14.2 Å². The number of rotatable bonds is 2. The van der Waals surface area contributed by atoms with Crippen molar-refractivity contribution < 1.29 is 19.1 Å². The molecule has 2 fully saturated rings. The minimum atomic E-state index is -0.873. The minimum Gasteiger partial charge on any atom is -0.468 e. The van der Waals surface area contributed by atoms with Gasteiger partial charge in [0.1, 0.15) is 6.04 Å². The zero-order valence-corrected chi connectivity index (χ0v) is 12.6. The third-order valence-corrected chi connectivity index (χ3v) is 4.53. The Labute approximate surface area is 132 Å². The van der Waals surface area contributed by atoms with E-state index in [1.54, 1.807) is 24.3 Å². The Bertz CT molecular complexity index is 739. The van der Waals surface area contributed by atoms with E-state index in [0.717, 1.165) is 4.90 Å². The van der Waals surface area contributed by atoms with Crippen molar-refractivity contribution in [1.82, 2.24) is 10.2 Å². The van der Waals surface area contributed by atoms with Crippen molar-refractivity contribution >= 4 is 17.8 Å². The Balaban J connectivity index is 2.04. The van der Waals surface area contributed by atoms with Crippen molar-refractivity contribution in [2.45, 2.75) is 12.1 Å². The lowest BCUT2D eigenvalue weighted by atomic mass is 9.86. The van der Waals surface area contributed by atoms with Gasteiger partial charge in [0, 0.05) is 13.1 Å². The van der Waals surface area contributed by atoms with E-state index in [2.05, 4.69) is 5.32 Å². The number of carbonyl (C=O) groups is 3. The first-order valence-corrected chi connectivity index (χ1v) is 7.15. The molecular formula is C16H15N3O4. The van der Waals surface area contributed by atoms with Crippen molar-refractivity contribution in [2.24, 2.45) is 11.8 Å². The highest BCUT2D eigenvalue weighted by Gasteiger charge is 2.60. The van der Waals surface area contributed by atoms with Crippen LogP contribution in [0, 0.1) is 23.2 Å². The van der Waals surface area contributed by atoms with Gasteiger partial charge < -0.3 is 4.74 Å². The van der Waals surface area contributed by atoms with Gasteiger partial charge in [0.2, 0.25) is 11.8 Å². The molecule has 2 heterocycles. The summed E-state index contributed by atoms with van der Waals surface area (Å²) < 4.78 is 4.75. The Morgan fingerprint density at radius 3 is 2.65 bits per heavy atom. The molecule has 0 spiro atoms. The van der Waals surface area contributed by atoms with Gasteiger partial charge in [-0.2, -0.15) is 5.26 Å². The topological polar surface area (TPSA) is 99.5 Å². The number of ether oxygens (including phenoxy) is 1. The lowest BCUT2D eigenvalue weighted by molar-refractivity contribution is -0.147. The first-order chi connectivity index (χ1) is 11.0. The highest BCUT2D eigenvalue weighted by atomic mass is 16.5. The van der Waals surface area contributed by atoms with Crippen LogP contribution in [0.3, 0.4) is 0 Å². The predicted octanol–water partition coefficient (Wildman–Crippen LogP) is -0.0248. The van der Waals surface area contributed by atoms with E-state index >= 15 is 0 Å². The molecule has 23 heavy (non-hydrogen) atoms. The molecule has 1 aromatic rings. The van der Waals surface area contributed by atoms with Gasteiger partial charge in [0.15, 0.2) is 0 Å². The summed E-state index contributed by atoms with van der Waals surface area (Å²) in [6.45, 7) is 0. The van der Waals surface area contributed by atoms with Gasteiger partial charge in [0.25, 0.3) is 0 Å². The molecular weight excluding hydrogens is 298 g/mol. The SMILES string of the molecule is COC(=O)[C@H]1N[C@@H](c2cccc(C#N)c2)[C@H]2C(=O)N(C)C(=O)[C@H]21. The van der Waals surface area contributed by atoms with Crippen molar-refractivity contribution in [3.8, 4) is 6.07 Å². The van der Waals surface area contributed by atoms with Crippen LogP contribution >= 0.6 is 0 Å². The fourth-order valence-electron chi connectivity index (χ4n) is 3.41. The fourth-order valence-corrected chi connectivity index (χ4v) is 3.41. The van der Waals surface area contributed by atoms with Gasteiger partial charge in [-0.25, -0.2) is 0 Å². The average Bonchev–Trinajstić information content (AvgIpc) is 3.07. The molecule has 0 saturated carbocycles. The van der Waals surface area contributed by atoms with Crippen molar-refractivity contribution in [3.63, 3.8) is 0 Å². The molecule has 2 aliphatic rings. The van der Waals surface area contributed by atoms with Crippen LogP contribution in [0.1, 0.15) is 17.2 Å². The highest BCUT2D eigenvalue weighted by molar-refractivity contribution is 6.08. The third-order valence-electron chi connectivity index (χ3n) is 4.53. The van der Waals surface area contributed by atoms with Crippen molar-refractivity contribution in [2.75, 3.05) is 14.2 Å². The number of nitrogens with one attached hydrogen (secondary N) is 1. The number of carbonyl (C=O) groups excluding carboxylic acids is 3. The second kappa shape index (κ2) is 5.48. The molecule has 4 atom stereocenters. The Hall–Kier alpha value is -2.72. The molecule has 0 radical (unpaired) electrons. The number of benzene rings is 1. The van der Waals surface area contributed by atoms with E-state index in [1.807, 2.05) is 6.07 Å². The zero-order chi connectivity index (χ0) is 16.7. The summed E-state index contributed by atoms with van der Waals surface area (Å²) in [7, 11) is 2.66. The van der Waals surface area contributed by atoms with E-state index in [4.69, 9.17) is 10.00 Å². The van der Waals surface area contributed by atoms with Gasteiger partial charge in [-0.05, 0) is 17.7 Å². The molecule has 118 valence electrons. The van der Waals surface area contributed by atoms with Crippen molar-refractivity contribution in [1.29, 1.82) is 5.26 Å². The molecule has 2 saturated heterocycles. The fraction of sp³-hybridized carbons (Fsp3) is 0.375. The largest absolute Gasteiger partial charge is 0.468 e. The molecule has 7 heteroatoms. The molecule has 1 N–H and O–H groups in total. The summed E-state index contributed by atoms with van der Waals surface area (Å²) in [6, 6.07) is 7.44. The molecule has 7 nitrogen and oxygen atoms in total. The van der Waals surface area contributed by atoms with Crippen LogP contribution in [0.4, 0.5) is 0 Å². The van der Waals surface area contributed by atoms with E-state index < -0.39 is 29.9 Å². The van der Waals surface area contributed by atoms with Gasteiger partial charge in [0.05, 0.1) is 30.6 Å². The Morgan fingerprint density at radius 2 is 2.00 bits per heavy atom. The lowest BCUT2D eigenvalue weighted by Gasteiger charge is -2.19. The number of nitrogens with zero attached hydrogens (tertiary/aromatic N) is 2. The molecule has 0 aliphatic carbocycles. The van der Waals surface area contributed by atoms with Crippen LogP contribution in [0.15, 0.2) is 24.3 Å². The predicted molar refractivity (Wildman–Crippen MR) is 77.6 cm³/mol. The molecule has 0 unspecified atom stereocenters. The van der Waals surface area contributed by atoms with Crippen LogP contribution in [-0.4, -0.2) is 42.9 Å². The molecule has 0 bridgehead atoms. The third kappa shape index (κ3) is 2.19. The molecule has 2 amide bonds. The van der Waals surface area contributed by atoms with Crippen molar-refractivity contribution in [3.05, 3.63) is 35.4 Å². The summed E-state index contributed by atoms with van der Waals surface area (Å²) in [5.41, 5.74) is 1.15. The first kappa shape index (κ1) is 15.2. The number of methoxy groups -OCH3 is 1. The van der Waals surface area contributed by atoms with Gasteiger partial charge >= 0.3 is 5.97 Å². The second-order valence-corrected chi connectivity index (χ2v) is 5.67. The highest BCUT2D eigenvalue weighted by Crippen LogP contribution is 2.43. The average molecular weight is 313 g/mol. The number of esters is 1. The number of hydrogen-bond acceptors (Lipinski definition) is 6. The van der Waals surface area contributed by atoms with Crippen LogP contribution in [0.25, 0.3) is 0 Å². The number of imide groups is 1. The number of nitriles is 1. The van der Waals surface area contributed by atoms with E-state index in [9.17, 15) is 14.4 Å². The summed E-state index contributed by atoms with van der Waals surface area (Å²) in [6.07, 6.45) is 0. The van der Waals surface area contributed by atoms with Crippen LogP contribution in [-0.2, 0) is 19.1 Å². The summed E-state index contributed by atoms with van der Waals surface area (Å²) in [4.78, 5) is 37.8. The minimum absolute atomic E-state index is 0.328. The maximum Gasteiger partial charge on any atom is 0.323 e. The smallest absolute Gasteiger partial charge is 0.323 e. The Kier molecular flexibility index (Phi) is 3.62. The number of hydrogen-bond donors (Lipinski definition) is 1. The summed E-state index contributed by atoms with van der Waals surface area (Å²) >= 11 is 0. The maximum absolute atomic E-state index is 12.4. The normalized spacial score (nSPS) is 29.3. The monoisotopic (exact) mass is 313 g/mol. The summed E-state index contributed by atoms with van der Waals surface area (Å²) in [5.74, 6) is -2.75. The summed E-state index contributed by atoms with van der Waals surface area (Å²) in [5, 5.41) is 12.1. The standard InChI is InChI=1S/C16H15N3O4/c1-19-14(20)10-11(15(19)21)13(16(22)23-2)18-12(10)9-5-3-4-8(6-9)7-17/h3-6,10-13,18H,1-2H3/t10-,11+,12-,13-/m0/s1. The Morgan fingerprint density at radius 1 is 1.30 bits per heavy atom. The molecule has 3 rings (SSSR count).